The van der Waals surface area contributed by atoms with Gasteiger partial charge in [0.2, 0.25) is 0 Å². The molecule has 0 bridgehead atoms. The molecule has 11 heavy (non-hydrogen) atoms. The van der Waals surface area contributed by atoms with Gasteiger partial charge in [0.05, 0.1) is 0 Å². The maximum atomic E-state index is 10.5. The minimum atomic E-state index is -0.318. The summed E-state index contributed by atoms with van der Waals surface area (Å²) in [5, 5.41) is 0. The molecular weight excluding hydrogens is 213 g/mol. The zero-order chi connectivity index (χ0) is 8.41. The van der Waals surface area contributed by atoms with E-state index in [0.717, 1.165) is 6.42 Å². The monoisotopic (exact) mass is 230 g/mol. The maximum Gasteiger partial charge on any atom is 0 e. The average molecular weight is 230 g/mol. The zero-order valence-electron chi connectivity index (χ0n) is 8.19. The minimum absolute atomic E-state index is 0. The predicted octanol–water partition coefficient (Wildman–Crippen LogP) is 2.56. The fourth-order valence-electron chi connectivity index (χ4n) is 0.580. The van der Waals surface area contributed by atoms with E-state index < -0.39 is 0 Å². The van der Waals surface area contributed by atoms with Crippen molar-refractivity contribution in [2.75, 3.05) is 0 Å². The Bertz CT molecular complexity index is 128. The SMILES string of the molecule is CCC(C)(C)C(C)(C)[C-]=O.[Y]. The Morgan fingerprint density at radius 1 is 1.18 bits per heavy atom. The Hall–Kier alpha value is 0.774. The molecule has 0 amide bonds. The van der Waals surface area contributed by atoms with Crippen LogP contribution in [-0.2, 0) is 37.5 Å². The summed E-state index contributed by atoms with van der Waals surface area (Å²) < 4.78 is 0. The molecule has 0 saturated carbocycles. The van der Waals surface area contributed by atoms with Gasteiger partial charge in [-0.2, -0.15) is 0 Å². The summed E-state index contributed by atoms with van der Waals surface area (Å²) in [6, 6.07) is 0. The van der Waals surface area contributed by atoms with E-state index in [9.17, 15) is 4.79 Å². The standard InChI is InChI=1S/C9H17O.Y/c1-6-8(2,3)9(4,5)7-10;/h6H2,1-5H3;/q-1;. The van der Waals surface area contributed by atoms with Gasteiger partial charge in [-0.05, 0) is 0 Å². The topological polar surface area (TPSA) is 17.1 Å². The van der Waals surface area contributed by atoms with Crippen molar-refractivity contribution in [2.45, 2.75) is 41.0 Å². The molecule has 63 valence electrons. The van der Waals surface area contributed by atoms with Crippen LogP contribution in [0.2, 0.25) is 0 Å². The quantitative estimate of drug-likeness (QED) is 0.681. The molecule has 0 aromatic rings. The van der Waals surface area contributed by atoms with E-state index in [2.05, 4.69) is 27.1 Å². The van der Waals surface area contributed by atoms with Crippen LogP contribution in [0.3, 0.4) is 0 Å². The first-order valence-corrected chi connectivity index (χ1v) is 3.76. The second kappa shape index (κ2) is 4.72. The molecule has 0 unspecified atom stereocenters. The van der Waals surface area contributed by atoms with Crippen LogP contribution in [0.5, 0.6) is 0 Å². The van der Waals surface area contributed by atoms with Crippen LogP contribution in [0.15, 0.2) is 0 Å². The number of hydrogen-bond acceptors (Lipinski definition) is 1. The molecule has 1 nitrogen and oxygen atoms in total. The van der Waals surface area contributed by atoms with E-state index in [1.807, 2.05) is 13.8 Å². The van der Waals surface area contributed by atoms with Gasteiger partial charge < -0.3 is 4.79 Å². The summed E-state index contributed by atoms with van der Waals surface area (Å²) in [5.41, 5.74) is -0.253. The van der Waals surface area contributed by atoms with Gasteiger partial charge in [0.15, 0.2) is 0 Å². The summed E-state index contributed by atoms with van der Waals surface area (Å²) >= 11 is 0. The fourth-order valence-corrected chi connectivity index (χ4v) is 0.580. The van der Waals surface area contributed by atoms with Crippen molar-refractivity contribution in [2.24, 2.45) is 10.8 Å². The second-order valence-corrected chi connectivity index (χ2v) is 3.96. The molecule has 0 atom stereocenters. The van der Waals surface area contributed by atoms with Gasteiger partial charge in [-0.1, -0.05) is 46.5 Å². The first kappa shape index (κ1) is 14.3. The van der Waals surface area contributed by atoms with Crippen molar-refractivity contribution >= 4 is 6.29 Å². The van der Waals surface area contributed by atoms with Crippen LogP contribution in [-0.4, -0.2) is 6.29 Å². The Morgan fingerprint density at radius 3 is 1.64 bits per heavy atom. The molecule has 0 aliphatic carbocycles. The summed E-state index contributed by atoms with van der Waals surface area (Å²) in [4.78, 5) is 10.5. The van der Waals surface area contributed by atoms with Crippen molar-refractivity contribution in [3.05, 3.63) is 0 Å². The van der Waals surface area contributed by atoms with Crippen molar-refractivity contribution in [1.29, 1.82) is 0 Å². The van der Waals surface area contributed by atoms with Crippen molar-refractivity contribution in [3.63, 3.8) is 0 Å². The molecular formula is C9H17OY-. The maximum absolute atomic E-state index is 10.5. The van der Waals surface area contributed by atoms with E-state index >= 15 is 0 Å². The van der Waals surface area contributed by atoms with Crippen LogP contribution in [0.4, 0.5) is 0 Å². The third-order valence-corrected chi connectivity index (χ3v) is 2.83. The molecule has 0 N–H and O–H groups in total. The number of rotatable bonds is 3. The van der Waals surface area contributed by atoms with Gasteiger partial charge in [0.1, 0.15) is 0 Å². The minimum Gasteiger partial charge on any atom is -0.541 e. The van der Waals surface area contributed by atoms with Crippen LogP contribution in [0.1, 0.15) is 41.0 Å². The van der Waals surface area contributed by atoms with Crippen LogP contribution < -0.4 is 0 Å². The number of carbonyl (C=O) groups excluding carboxylic acids is 1. The molecule has 0 spiro atoms. The number of hydrogen-bond donors (Lipinski definition) is 0. The van der Waals surface area contributed by atoms with E-state index in [1.165, 1.54) is 0 Å². The van der Waals surface area contributed by atoms with Crippen molar-refractivity contribution < 1.29 is 37.5 Å². The molecule has 0 saturated heterocycles. The van der Waals surface area contributed by atoms with Gasteiger partial charge in [-0.3, -0.25) is 6.29 Å². The van der Waals surface area contributed by atoms with Gasteiger partial charge in [0, 0.05) is 32.7 Å². The van der Waals surface area contributed by atoms with Crippen LogP contribution >= 0.6 is 0 Å². The third kappa shape index (κ3) is 3.33. The molecule has 0 aliphatic rings. The van der Waals surface area contributed by atoms with Crippen molar-refractivity contribution in [1.82, 2.24) is 0 Å². The molecule has 1 radical (unpaired) electrons. The molecule has 0 aliphatic heterocycles. The van der Waals surface area contributed by atoms with Gasteiger partial charge in [-0.25, -0.2) is 0 Å². The normalized spacial score (nSPS) is 12.1. The average Bonchev–Trinajstić information content (AvgIpc) is 1.88. The smallest absolute Gasteiger partial charge is 0 e. The van der Waals surface area contributed by atoms with Crippen LogP contribution in [0.25, 0.3) is 0 Å². The van der Waals surface area contributed by atoms with Crippen molar-refractivity contribution in [3.8, 4) is 0 Å². The van der Waals surface area contributed by atoms with Gasteiger partial charge in [-0.15, -0.1) is 5.41 Å². The zero-order valence-corrected chi connectivity index (χ0v) is 11.0. The predicted molar refractivity (Wildman–Crippen MR) is 43.5 cm³/mol. The molecule has 0 heterocycles. The third-order valence-electron chi connectivity index (χ3n) is 2.83. The summed E-state index contributed by atoms with van der Waals surface area (Å²) in [6.45, 7) is 10.2. The summed E-state index contributed by atoms with van der Waals surface area (Å²) in [6.07, 6.45) is 3.09. The molecule has 0 rings (SSSR count). The first-order chi connectivity index (χ1) is 4.37. The van der Waals surface area contributed by atoms with E-state index in [-0.39, 0.29) is 43.5 Å². The molecule has 0 aromatic heterocycles. The Kier molecular flexibility index (Phi) is 6.13. The molecule has 0 fully saturated rings. The largest absolute Gasteiger partial charge is 0.541 e. The van der Waals surface area contributed by atoms with E-state index in [0.29, 0.717) is 0 Å². The second-order valence-electron chi connectivity index (χ2n) is 3.96. The molecule has 0 aromatic carbocycles. The van der Waals surface area contributed by atoms with Gasteiger partial charge >= 0.3 is 0 Å². The Morgan fingerprint density at radius 2 is 1.55 bits per heavy atom. The van der Waals surface area contributed by atoms with Gasteiger partial charge in [0.25, 0.3) is 0 Å². The summed E-state index contributed by atoms with van der Waals surface area (Å²) in [7, 11) is 0. The van der Waals surface area contributed by atoms with E-state index in [4.69, 9.17) is 0 Å². The first-order valence-electron chi connectivity index (χ1n) is 3.76. The fraction of sp³-hybridized carbons (Fsp3) is 0.889. The summed E-state index contributed by atoms with van der Waals surface area (Å²) in [5.74, 6) is 0. The Labute approximate surface area is 95.2 Å². The van der Waals surface area contributed by atoms with Crippen LogP contribution in [0, 0.1) is 10.8 Å². The molecule has 2 heteroatoms. The Balaban J connectivity index is 0. The van der Waals surface area contributed by atoms with E-state index in [1.54, 1.807) is 0 Å².